The summed E-state index contributed by atoms with van der Waals surface area (Å²) in [6.07, 6.45) is 0.207. The molecule has 0 aromatic heterocycles. The molecule has 14 heavy (non-hydrogen) atoms. The van der Waals surface area contributed by atoms with E-state index in [0.717, 1.165) is 11.1 Å². The molecule has 0 heterocycles. The lowest BCUT2D eigenvalue weighted by atomic mass is 9.91. The number of aliphatic hydroxyl groups is 2. The van der Waals surface area contributed by atoms with Gasteiger partial charge in [0.05, 0.1) is 11.7 Å². The summed E-state index contributed by atoms with van der Waals surface area (Å²) in [7, 11) is 0. The molecule has 1 rings (SSSR count). The molecule has 0 saturated carbocycles. The lowest BCUT2D eigenvalue weighted by Crippen LogP contribution is -2.19. The van der Waals surface area contributed by atoms with Crippen molar-refractivity contribution < 1.29 is 10.2 Å². The maximum Gasteiger partial charge on any atom is 0.0843 e. The molecule has 1 atom stereocenters. The molecule has 2 N–H and O–H groups in total. The maximum atomic E-state index is 9.90. The predicted molar refractivity (Wildman–Crippen MR) is 57.1 cm³/mol. The van der Waals surface area contributed by atoms with Gasteiger partial charge in [-0.15, -0.1) is 0 Å². The van der Waals surface area contributed by atoms with Gasteiger partial charge in [-0.3, -0.25) is 0 Å². The first kappa shape index (κ1) is 11.2. The SMILES string of the molecule is CC(O)Cc1ccccc1C(C)(C)O. The minimum atomic E-state index is -0.842. The first-order valence-electron chi connectivity index (χ1n) is 4.90. The molecule has 0 aliphatic heterocycles. The number of benzene rings is 1. The highest BCUT2D eigenvalue weighted by Gasteiger charge is 2.19. The first-order chi connectivity index (χ1) is 6.41. The molecular formula is C12H18O2. The number of aliphatic hydroxyl groups excluding tert-OH is 1. The summed E-state index contributed by atoms with van der Waals surface area (Å²) >= 11 is 0. The van der Waals surface area contributed by atoms with Gasteiger partial charge in [-0.25, -0.2) is 0 Å². The van der Waals surface area contributed by atoms with E-state index in [1.54, 1.807) is 20.8 Å². The molecule has 0 aliphatic rings. The van der Waals surface area contributed by atoms with E-state index < -0.39 is 5.60 Å². The highest BCUT2D eigenvalue weighted by Crippen LogP contribution is 2.24. The Hall–Kier alpha value is -0.860. The average Bonchev–Trinajstić information content (AvgIpc) is 2.01. The molecule has 0 bridgehead atoms. The van der Waals surface area contributed by atoms with Crippen LogP contribution in [0.5, 0.6) is 0 Å². The average molecular weight is 194 g/mol. The smallest absolute Gasteiger partial charge is 0.0843 e. The summed E-state index contributed by atoms with van der Waals surface area (Å²) in [6, 6.07) is 7.67. The Morgan fingerprint density at radius 3 is 2.36 bits per heavy atom. The minimum Gasteiger partial charge on any atom is -0.393 e. The van der Waals surface area contributed by atoms with Crippen LogP contribution in [0.25, 0.3) is 0 Å². The van der Waals surface area contributed by atoms with Crippen LogP contribution in [-0.4, -0.2) is 16.3 Å². The van der Waals surface area contributed by atoms with Crippen molar-refractivity contribution in [2.24, 2.45) is 0 Å². The van der Waals surface area contributed by atoms with Gasteiger partial charge in [-0.1, -0.05) is 24.3 Å². The molecule has 0 radical (unpaired) electrons. The third kappa shape index (κ3) is 2.82. The lowest BCUT2D eigenvalue weighted by Gasteiger charge is -2.22. The van der Waals surface area contributed by atoms with Crippen LogP contribution in [0, 0.1) is 0 Å². The summed E-state index contributed by atoms with van der Waals surface area (Å²) in [6.45, 7) is 5.27. The second-order valence-electron chi connectivity index (χ2n) is 4.27. The zero-order valence-corrected chi connectivity index (χ0v) is 8.99. The van der Waals surface area contributed by atoms with E-state index in [4.69, 9.17) is 0 Å². The fourth-order valence-corrected chi connectivity index (χ4v) is 1.61. The fourth-order valence-electron chi connectivity index (χ4n) is 1.61. The summed E-state index contributed by atoms with van der Waals surface area (Å²) in [5.74, 6) is 0. The zero-order valence-electron chi connectivity index (χ0n) is 8.99. The third-order valence-electron chi connectivity index (χ3n) is 2.19. The van der Waals surface area contributed by atoms with Crippen LogP contribution in [0.4, 0.5) is 0 Å². The summed E-state index contributed by atoms with van der Waals surface area (Å²) in [5, 5.41) is 19.2. The molecule has 2 nitrogen and oxygen atoms in total. The summed E-state index contributed by atoms with van der Waals surface area (Å²) in [4.78, 5) is 0. The lowest BCUT2D eigenvalue weighted by molar-refractivity contribution is 0.0768. The van der Waals surface area contributed by atoms with E-state index in [1.165, 1.54) is 0 Å². The van der Waals surface area contributed by atoms with Crippen LogP contribution < -0.4 is 0 Å². The van der Waals surface area contributed by atoms with E-state index in [-0.39, 0.29) is 6.10 Å². The molecule has 2 heteroatoms. The van der Waals surface area contributed by atoms with E-state index in [1.807, 2.05) is 24.3 Å². The Balaban J connectivity index is 3.04. The summed E-state index contributed by atoms with van der Waals surface area (Å²) in [5.41, 5.74) is 1.06. The highest BCUT2D eigenvalue weighted by atomic mass is 16.3. The van der Waals surface area contributed by atoms with Crippen LogP contribution in [0.2, 0.25) is 0 Å². The van der Waals surface area contributed by atoms with Crippen molar-refractivity contribution in [2.45, 2.75) is 38.9 Å². The Kier molecular flexibility index (Phi) is 3.29. The van der Waals surface area contributed by atoms with Crippen LogP contribution in [0.15, 0.2) is 24.3 Å². The van der Waals surface area contributed by atoms with Crippen molar-refractivity contribution >= 4 is 0 Å². The van der Waals surface area contributed by atoms with Gasteiger partial charge in [-0.2, -0.15) is 0 Å². The van der Waals surface area contributed by atoms with E-state index >= 15 is 0 Å². The molecule has 1 aromatic rings. The highest BCUT2D eigenvalue weighted by molar-refractivity contribution is 5.31. The Morgan fingerprint density at radius 2 is 1.86 bits per heavy atom. The molecule has 0 fully saturated rings. The third-order valence-corrected chi connectivity index (χ3v) is 2.19. The molecule has 1 aromatic carbocycles. The minimum absolute atomic E-state index is 0.376. The van der Waals surface area contributed by atoms with Gasteiger partial charge in [-0.05, 0) is 38.3 Å². The van der Waals surface area contributed by atoms with Gasteiger partial charge >= 0.3 is 0 Å². The van der Waals surface area contributed by atoms with Gasteiger partial charge in [0.25, 0.3) is 0 Å². The number of hydrogen-bond acceptors (Lipinski definition) is 2. The Labute approximate surface area is 85.2 Å². The molecule has 0 amide bonds. The molecule has 0 aliphatic carbocycles. The first-order valence-corrected chi connectivity index (χ1v) is 4.90. The standard InChI is InChI=1S/C12H18O2/c1-9(13)8-10-6-4-5-7-11(10)12(2,3)14/h4-7,9,13-14H,8H2,1-3H3. The Morgan fingerprint density at radius 1 is 1.29 bits per heavy atom. The molecule has 1 unspecified atom stereocenters. The van der Waals surface area contributed by atoms with Crippen molar-refractivity contribution in [2.75, 3.05) is 0 Å². The summed E-state index contributed by atoms with van der Waals surface area (Å²) < 4.78 is 0. The predicted octanol–water partition coefficient (Wildman–Crippen LogP) is 1.84. The maximum absolute atomic E-state index is 9.90. The zero-order chi connectivity index (χ0) is 10.8. The van der Waals surface area contributed by atoms with Crippen molar-refractivity contribution in [3.63, 3.8) is 0 Å². The second kappa shape index (κ2) is 4.11. The van der Waals surface area contributed by atoms with Crippen LogP contribution in [0.1, 0.15) is 31.9 Å². The molecule has 0 saturated heterocycles. The topological polar surface area (TPSA) is 40.5 Å². The normalized spacial score (nSPS) is 14.1. The van der Waals surface area contributed by atoms with E-state index in [2.05, 4.69) is 0 Å². The van der Waals surface area contributed by atoms with Crippen molar-refractivity contribution in [3.05, 3.63) is 35.4 Å². The van der Waals surface area contributed by atoms with Gasteiger partial charge in [0.1, 0.15) is 0 Å². The molecular weight excluding hydrogens is 176 g/mol. The quantitative estimate of drug-likeness (QED) is 0.770. The van der Waals surface area contributed by atoms with Gasteiger partial charge < -0.3 is 10.2 Å². The monoisotopic (exact) mass is 194 g/mol. The number of hydrogen-bond donors (Lipinski definition) is 2. The van der Waals surface area contributed by atoms with Crippen molar-refractivity contribution in [1.29, 1.82) is 0 Å². The largest absolute Gasteiger partial charge is 0.393 e. The molecule has 0 spiro atoms. The second-order valence-corrected chi connectivity index (χ2v) is 4.27. The van der Waals surface area contributed by atoms with Crippen LogP contribution >= 0.6 is 0 Å². The van der Waals surface area contributed by atoms with E-state index in [0.29, 0.717) is 6.42 Å². The van der Waals surface area contributed by atoms with Crippen LogP contribution in [0.3, 0.4) is 0 Å². The Bertz CT molecular complexity index is 297. The van der Waals surface area contributed by atoms with Crippen molar-refractivity contribution in [1.82, 2.24) is 0 Å². The molecule has 78 valence electrons. The fraction of sp³-hybridized carbons (Fsp3) is 0.500. The van der Waals surface area contributed by atoms with Gasteiger partial charge in [0.15, 0.2) is 0 Å². The van der Waals surface area contributed by atoms with Crippen molar-refractivity contribution in [3.8, 4) is 0 Å². The van der Waals surface area contributed by atoms with Crippen LogP contribution in [-0.2, 0) is 12.0 Å². The number of rotatable bonds is 3. The van der Waals surface area contributed by atoms with Gasteiger partial charge in [0, 0.05) is 0 Å². The van der Waals surface area contributed by atoms with E-state index in [9.17, 15) is 10.2 Å². The van der Waals surface area contributed by atoms with Gasteiger partial charge in [0.2, 0.25) is 0 Å².